The molecule has 3 aromatic carbocycles. The molecule has 0 unspecified atom stereocenters. The van der Waals surface area contributed by atoms with Gasteiger partial charge in [0.15, 0.2) is 6.20 Å². The number of pyridine rings is 1. The van der Waals surface area contributed by atoms with E-state index in [-0.39, 0.29) is 0 Å². The standard InChI is InChI=1S/C29H32NOSi/c1-18-22-12-8-9-13-23(22)29(32(3,4)5)28-25(18)27-26-20(14-15-30(27)2)16-21(17-24(26)31-28)19-10-6-7-11-19/h8-9,12-17,19H,6-7,10-11H2,1-5H3/q+1. The van der Waals surface area contributed by atoms with Gasteiger partial charge in [-0.05, 0) is 64.2 Å². The molecule has 0 bridgehead atoms. The van der Waals surface area contributed by atoms with E-state index in [9.17, 15) is 0 Å². The van der Waals surface area contributed by atoms with Crippen LogP contribution in [0.2, 0.25) is 19.6 Å². The van der Waals surface area contributed by atoms with Crippen molar-refractivity contribution in [1.29, 1.82) is 0 Å². The Morgan fingerprint density at radius 3 is 2.41 bits per heavy atom. The Labute approximate surface area is 191 Å². The normalized spacial score (nSPS) is 15.9. The molecule has 1 aliphatic heterocycles. The Balaban J connectivity index is 1.75. The molecule has 2 nitrogen and oxygen atoms in total. The first-order valence-electron chi connectivity index (χ1n) is 12.0. The Bertz CT molecular complexity index is 1410. The van der Waals surface area contributed by atoms with Crippen LogP contribution in [0.4, 0.5) is 0 Å². The van der Waals surface area contributed by atoms with Crippen LogP contribution in [0.3, 0.4) is 0 Å². The van der Waals surface area contributed by atoms with E-state index in [2.05, 4.69) is 86.8 Å². The third-order valence-corrected chi connectivity index (χ3v) is 9.67. The van der Waals surface area contributed by atoms with Gasteiger partial charge in [-0.15, -0.1) is 0 Å². The van der Waals surface area contributed by atoms with Gasteiger partial charge in [0.25, 0.3) is 0 Å². The van der Waals surface area contributed by atoms with Gasteiger partial charge in [-0.1, -0.05) is 62.8 Å². The van der Waals surface area contributed by atoms with Crippen LogP contribution in [0, 0.1) is 6.92 Å². The molecule has 0 atom stereocenters. The highest BCUT2D eigenvalue weighted by Gasteiger charge is 2.36. The Morgan fingerprint density at radius 1 is 0.969 bits per heavy atom. The van der Waals surface area contributed by atoms with E-state index in [0.29, 0.717) is 5.92 Å². The average molecular weight is 439 g/mol. The van der Waals surface area contributed by atoms with Crippen LogP contribution >= 0.6 is 0 Å². The molecule has 1 fully saturated rings. The SMILES string of the molecule is Cc1c2c(c([Si](C)(C)C)c3ccccc13)Oc1cc(C3CCCC3)cc3cc[n+](C)c-2c13. The Morgan fingerprint density at radius 2 is 1.69 bits per heavy atom. The monoisotopic (exact) mass is 438 g/mol. The lowest BCUT2D eigenvalue weighted by atomic mass is 9.89. The van der Waals surface area contributed by atoms with Gasteiger partial charge in [0.1, 0.15) is 18.5 Å². The lowest BCUT2D eigenvalue weighted by Crippen LogP contribution is -2.41. The lowest BCUT2D eigenvalue weighted by Gasteiger charge is -2.30. The summed E-state index contributed by atoms with van der Waals surface area (Å²) in [4.78, 5) is 0. The fourth-order valence-corrected chi connectivity index (χ4v) is 8.07. The van der Waals surface area contributed by atoms with E-state index < -0.39 is 8.07 Å². The maximum absolute atomic E-state index is 6.97. The second-order valence-electron chi connectivity index (χ2n) is 10.8. The van der Waals surface area contributed by atoms with Gasteiger partial charge < -0.3 is 4.74 Å². The van der Waals surface area contributed by atoms with E-state index >= 15 is 0 Å². The van der Waals surface area contributed by atoms with Crippen molar-refractivity contribution >= 4 is 34.8 Å². The molecule has 1 aromatic heterocycles. The van der Waals surface area contributed by atoms with Crippen LogP contribution in [-0.2, 0) is 7.05 Å². The molecule has 1 aliphatic carbocycles. The number of nitrogens with zero attached hydrogens (tertiary/aromatic N) is 1. The van der Waals surface area contributed by atoms with Gasteiger partial charge >= 0.3 is 0 Å². The van der Waals surface area contributed by atoms with Crippen molar-refractivity contribution < 1.29 is 9.30 Å². The van der Waals surface area contributed by atoms with Gasteiger partial charge in [-0.3, -0.25) is 0 Å². The highest BCUT2D eigenvalue weighted by Crippen LogP contribution is 2.49. The molecule has 0 N–H and O–H groups in total. The van der Waals surface area contributed by atoms with E-state index in [1.165, 1.54) is 74.8 Å². The summed E-state index contributed by atoms with van der Waals surface area (Å²) in [7, 11) is 0.487. The molecule has 0 radical (unpaired) electrons. The molecule has 3 heteroatoms. The zero-order chi connectivity index (χ0) is 22.2. The Hall–Kier alpha value is -2.65. The summed E-state index contributed by atoms with van der Waals surface area (Å²) >= 11 is 0. The highest BCUT2D eigenvalue weighted by molar-refractivity contribution is 6.91. The molecule has 0 saturated heterocycles. The fourth-order valence-electron chi connectivity index (χ4n) is 6.19. The number of hydrogen-bond acceptors (Lipinski definition) is 1. The minimum absolute atomic E-state index is 0.674. The predicted molar refractivity (Wildman–Crippen MR) is 137 cm³/mol. The number of benzene rings is 3. The van der Waals surface area contributed by atoms with Crippen LogP contribution < -0.4 is 14.5 Å². The Kier molecular flexibility index (Phi) is 4.32. The zero-order valence-corrected chi connectivity index (χ0v) is 20.9. The quantitative estimate of drug-likeness (QED) is 0.212. The number of aryl methyl sites for hydroxylation is 2. The zero-order valence-electron chi connectivity index (χ0n) is 19.9. The first-order valence-corrected chi connectivity index (χ1v) is 15.5. The van der Waals surface area contributed by atoms with E-state index in [0.717, 1.165) is 11.5 Å². The van der Waals surface area contributed by atoms with Gasteiger partial charge in [0.05, 0.1) is 19.0 Å². The van der Waals surface area contributed by atoms with Crippen molar-refractivity contribution in [2.45, 2.75) is 58.2 Å². The third kappa shape index (κ3) is 2.80. The van der Waals surface area contributed by atoms with Crippen LogP contribution in [0.5, 0.6) is 11.5 Å². The third-order valence-electron chi connectivity index (χ3n) is 7.68. The molecule has 162 valence electrons. The molecule has 1 saturated carbocycles. The molecule has 0 amide bonds. The van der Waals surface area contributed by atoms with Crippen LogP contribution in [0.25, 0.3) is 32.8 Å². The molecule has 2 aliphatic rings. The summed E-state index contributed by atoms with van der Waals surface area (Å²) in [6.45, 7) is 9.60. The van der Waals surface area contributed by atoms with Crippen LogP contribution in [0.15, 0.2) is 48.7 Å². The summed E-state index contributed by atoms with van der Waals surface area (Å²) in [5.74, 6) is 2.84. The summed E-state index contributed by atoms with van der Waals surface area (Å²) in [5, 5.41) is 6.75. The molecular formula is C29H32NOSi+. The molecule has 32 heavy (non-hydrogen) atoms. The molecule has 6 rings (SSSR count). The molecule has 0 spiro atoms. The number of aromatic nitrogens is 1. The first kappa shape index (κ1) is 20.0. The maximum atomic E-state index is 6.97. The van der Waals surface area contributed by atoms with E-state index in [4.69, 9.17) is 4.74 Å². The smallest absolute Gasteiger partial charge is 0.228 e. The summed E-state index contributed by atoms with van der Waals surface area (Å²) in [5.41, 5.74) is 5.38. The van der Waals surface area contributed by atoms with Gasteiger partial charge in [0.2, 0.25) is 5.69 Å². The molecule has 2 heterocycles. The lowest BCUT2D eigenvalue weighted by molar-refractivity contribution is -0.659. The highest BCUT2D eigenvalue weighted by atomic mass is 28.3. The van der Waals surface area contributed by atoms with Gasteiger partial charge in [0, 0.05) is 6.07 Å². The van der Waals surface area contributed by atoms with Gasteiger partial charge in [-0.25, -0.2) is 4.57 Å². The largest absolute Gasteiger partial charge is 0.456 e. The van der Waals surface area contributed by atoms with Crippen molar-refractivity contribution in [3.05, 3.63) is 59.8 Å². The predicted octanol–water partition coefficient (Wildman–Crippen LogP) is 7.10. The van der Waals surface area contributed by atoms with E-state index in [1.54, 1.807) is 0 Å². The molecular weight excluding hydrogens is 406 g/mol. The van der Waals surface area contributed by atoms with Crippen molar-refractivity contribution in [2.24, 2.45) is 7.05 Å². The molecule has 4 aromatic rings. The van der Waals surface area contributed by atoms with Crippen molar-refractivity contribution in [3.63, 3.8) is 0 Å². The summed E-state index contributed by atoms with van der Waals surface area (Å²) in [6.07, 6.45) is 7.54. The second-order valence-corrected chi connectivity index (χ2v) is 15.8. The van der Waals surface area contributed by atoms with Crippen LogP contribution in [0.1, 0.15) is 42.7 Å². The van der Waals surface area contributed by atoms with Crippen molar-refractivity contribution in [2.75, 3.05) is 0 Å². The minimum Gasteiger partial charge on any atom is -0.456 e. The summed E-state index contributed by atoms with van der Waals surface area (Å²) in [6, 6.07) is 16.0. The maximum Gasteiger partial charge on any atom is 0.228 e. The van der Waals surface area contributed by atoms with Crippen molar-refractivity contribution in [1.82, 2.24) is 0 Å². The topological polar surface area (TPSA) is 13.1 Å². The minimum atomic E-state index is -1.70. The fraction of sp³-hybridized carbons (Fsp3) is 0.345. The summed E-state index contributed by atoms with van der Waals surface area (Å²) < 4.78 is 9.28. The van der Waals surface area contributed by atoms with Crippen molar-refractivity contribution in [3.8, 4) is 22.8 Å². The van der Waals surface area contributed by atoms with E-state index in [1.807, 2.05) is 0 Å². The van der Waals surface area contributed by atoms with Crippen LogP contribution in [-0.4, -0.2) is 8.07 Å². The second kappa shape index (κ2) is 6.92. The van der Waals surface area contributed by atoms with Gasteiger partial charge in [-0.2, -0.15) is 0 Å². The number of ether oxygens (including phenoxy) is 1. The number of hydrogen-bond donors (Lipinski definition) is 0. The number of fused-ring (bicyclic) bond motifs is 3. The number of rotatable bonds is 2. The average Bonchev–Trinajstić information content (AvgIpc) is 3.29. The first-order chi connectivity index (χ1) is 15.3.